The van der Waals surface area contributed by atoms with Gasteiger partial charge in [-0.25, -0.2) is 4.39 Å². The van der Waals surface area contributed by atoms with Crippen LogP contribution in [-0.2, 0) is 6.42 Å². The van der Waals surface area contributed by atoms with Gasteiger partial charge in [0.2, 0.25) is 0 Å². The normalized spacial score (nSPS) is 22.5. The lowest BCUT2D eigenvalue weighted by molar-refractivity contribution is 0.284. The Hall–Kier alpha value is -2.35. The van der Waals surface area contributed by atoms with Gasteiger partial charge < -0.3 is 4.74 Å². The quantitative estimate of drug-likeness (QED) is 0.635. The number of ether oxygens (including phenoxy) is 1. The van der Waals surface area contributed by atoms with E-state index in [1.54, 1.807) is 6.08 Å². The monoisotopic (exact) mass is 320 g/mol. The summed E-state index contributed by atoms with van der Waals surface area (Å²) in [5.41, 5.74) is 6.40. The van der Waals surface area contributed by atoms with Crippen LogP contribution in [0.2, 0.25) is 0 Å². The highest BCUT2D eigenvalue weighted by Gasteiger charge is 2.29. The molecule has 3 aliphatic rings. The minimum absolute atomic E-state index is 0.00720. The summed E-state index contributed by atoms with van der Waals surface area (Å²) in [6.07, 6.45) is 12.9. The van der Waals surface area contributed by atoms with Crippen molar-refractivity contribution in [2.75, 3.05) is 6.61 Å². The molecule has 0 saturated carbocycles. The first-order valence-electron chi connectivity index (χ1n) is 8.53. The molecule has 1 aromatic rings. The summed E-state index contributed by atoms with van der Waals surface area (Å²) in [5, 5.41) is 0. The molecule has 0 spiro atoms. The van der Waals surface area contributed by atoms with Gasteiger partial charge in [-0.1, -0.05) is 36.9 Å². The van der Waals surface area contributed by atoms with Gasteiger partial charge in [-0.2, -0.15) is 0 Å². The van der Waals surface area contributed by atoms with E-state index >= 15 is 0 Å². The molecular weight excluding hydrogens is 299 g/mol. The maximum absolute atomic E-state index is 14.2. The van der Waals surface area contributed by atoms with E-state index in [-0.39, 0.29) is 11.7 Å². The average molecular weight is 320 g/mol. The van der Waals surface area contributed by atoms with Crippen LogP contribution in [-0.4, -0.2) is 6.61 Å². The fraction of sp³-hybridized carbons (Fsp3) is 0.273. The smallest absolute Gasteiger partial charge is 0.127 e. The Morgan fingerprint density at radius 2 is 2.08 bits per heavy atom. The van der Waals surface area contributed by atoms with Gasteiger partial charge in [0.25, 0.3) is 0 Å². The zero-order chi connectivity index (χ0) is 16.7. The summed E-state index contributed by atoms with van der Waals surface area (Å²) in [6.45, 7) is 6.71. The Kier molecular flexibility index (Phi) is 3.76. The van der Waals surface area contributed by atoms with Gasteiger partial charge in [0, 0.05) is 11.5 Å². The van der Waals surface area contributed by atoms with E-state index in [0.717, 1.165) is 40.9 Å². The number of benzene rings is 1. The van der Waals surface area contributed by atoms with Crippen LogP contribution in [0.15, 0.2) is 60.0 Å². The zero-order valence-electron chi connectivity index (χ0n) is 13.9. The van der Waals surface area contributed by atoms with Gasteiger partial charge in [-0.15, -0.1) is 0 Å². The lowest BCUT2D eigenvalue weighted by atomic mass is 9.80. The Morgan fingerprint density at radius 1 is 1.21 bits per heavy atom. The summed E-state index contributed by atoms with van der Waals surface area (Å²) in [4.78, 5) is 0. The molecule has 0 fully saturated rings. The molecule has 1 nitrogen and oxygen atoms in total. The topological polar surface area (TPSA) is 9.23 Å². The van der Waals surface area contributed by atoms with Crippen LogP contribution in [0.25, 0.3) is 11.6 Å². The summed E-state index contributed by atoms with van der Waals surface area (Å²) in [6, 6.07) is 4.21. The standard InChI is InChI=1S/C22H21FO/c1-14-6-5-8-17(12-20(14)23)19-13-24-21-11-10-16-7-3-4-9-18(16)22(21)15(19)2/h4-5,8-12,19H,2-3,6-7,13H2,1H3. The van der Waals surface area contributed by atoms with E-state index in [0.29, 0.717) is 13.0 Å². The van der Waals surface area contributed by atoms with E-state index < -0.39 is 0 Å². The Labute approximate surface area is 142 Å². The minimum Gasteiger partial charge on any atom is -0.492 e. The first-order chi connectivity index (χ1) is 11.6. The third-order valence-corrected chi connectivity index (χ3v) is 5.15. The van der Waals surface area contributed by atoms with Gasteiger partial charge in [0.15, 0.2) is 0 Å². The molecule has 1 heterocycles. The van der Waals surface area contributed by atoms with Crippen LogP contribution in [0, 0.1) is 5.92 Å². The zero-order valence-corrected chi connectivity index (χ0v) is 13.9. The minimum atomic E-state index is -0.136. The molecule has 1 aliphatic heterocycles. The fourth-order valence-corrected chi connectivity index (χ4v) is 3.69. The number of halogens is 1. The van der Waals surface area contributed by atoms with Crippen molar-refractivity contribution in [1.82, 2.24) is 0 Å². The van der Waals surface area contributed by atoms with Crippen molar-refractivity contribution in [3.63, 3.8) is 0 Å². The predicted molar refractivity (Wildman–Crippen MR) is 97.5 cm³/mol. The maximum atomic E-state index is 14.2. The maximum Gasteiger partial charge on any atom is 0.127 e. The highest BCUT2D eigenvalue weighted by molar-refractivity contribution is 5.83. The summed E-state index contributed by atoms with van der Waals surface area (Å²) >= 11 is 0. The molecule has 0 N–H and O–H groups in total. The van der Waals surface area contributed by atoms with Gasteiger partial charge in [-0.05, 0) is 66.2 Å². The molecule has 0 bridgehead atoms. The molecule has 2 aliphatic carbocycles. The second kappa shape index (κ2) is 5.94. The molecule has 1 aromatic carbocycles. The van der Waals surface area contributed by atoms with Crippen LogP contribution in [0.1, 0.15) is 36.5 Å². The Balaban J connectivity index is 1.78. The van der Waals surface area contributed by atoms with Gasteiger partial charge in [0.1, 0.15) is 11.6 Å². The highest BCUT2D eigenvalue weighted by atomic mass is 19.1. The first kappa shape index (κ1) is 15.2. The molecule has 122 valence electrons. The fourth-order valence-electron chi connectivity index (χ4n) is 3.69. The van der Waals surface area contributed by atoms with Crippen molar-refractivity contribution >= 4 is 11.6 Å². The Bertz CT molecular complexity index is 836. The van der Waals surface area contributed by atoms with Crippen molar-refractivity contribution in [3.8, 4) is 5.75 Å². The lowest BCUT2D eigenvalue weighted by Crippen LogP contribution is -2.22. The van der Waals surface area contributed by atoms with Crippen LogP contribution < -0.4 is 4.74 Å². The molecule has 1 unspecified atom stereocenters. The van der Waals surface area contributed by atoms with Crippen molar-refractivity contribution in [2.24, 2.45) is 5.92 Å². The van der Waals surface area contributed by atoms with E-state index in [4.69, 9.17) is 4.74 Å². The summed E-state index contributed by atoms with van der Waals surface area (Å²) < 4.78 is 20.2. The third kappa shape index (κ3) is 2.47. The van der Waals surface area contributed by atoms with Gasteiger partial charge in [0.05, 0.1) is 6.61 Å². The lowest BCUT2D eigenvalue weighted by Gasteiger charge is -2.31. The molecule has 0 saturated heterocycles. The molecular formula is C22H21FO. The number of hydrogen-bond donors (Lipinski definition) is 0. The third-order valence-electron chi connectivity index (χ3n) is 5.15. The highest BCUT2D eigenvalue weighted by Crippen LogP contribution is 2.44. The van der Waals surface area contributed by atoms with Crippen LogP contribution >= 0.6 is 0 Å². The number of hydrogen-bond acceptors (Lipinski definition) is 1. The Morgan fingerprint density at radius 3 is 2.96 bits per heavy atom. The number of fused-ring (bicyclic) bond motifs is 3. The van der Waals surface area contributed by atoms with Gasteiger partial charge >= 0.3 is 0 Å². The van der Waals surface area contributed by atoms with Crippen molar-refractivity contribution in [1.29, 1.82) is 0 Å². The van der Waals surface area contributed by atoms with Crippen LogP contribution in [0.5, 0.6) is 5.75 Å². The van der Waals surface area contributed by atoms with Gasteiger partial charge in [-0.3, -0.25) is 0 Å². The van der Waals surface area contributed by atoms with Crippen LogP contribution in [0.3, 0.4) is 0 Å². The van der Waals surface area contributed by atoms with Crippen molar-refractivity contribution in [3.05, 3.63) is 76.7 Å². The van der Waals surface area contributed by atoms with E-state index in [1.165, 1.54) is 11.1 Å². The second-order valence-corrected chi connectivity index (χ2v) is 6.72. The summed E-state index contributed by atoms with van der Waals surface area (Å²) in [5.74, 6) is 0.753. The van der Waals surface area contributed by atoms with E-state index in [1.807, 2.05) is 19.1 Å². The SMILES string of the molecule is C=C1c2c(ccc3c2C=CCC3)OCC1C1=CC(F)=C(C)CC=C1. The second-order valence-electron chi connectivity index (χ2n) is 6.72. The molecule has 0 radical (unpaired) electrons. The van der Waals surface area contributed by atoms with Crippen molar-refractivity contribution in [2.45, 2.75) is 26.2 Å². The van der Waals surface area contributed by atoms with Crippen LogP contribution in [0.4, 0.5) is 4.39 Å². The molecule has 4 rings (SSSR count). The molecule has 1 atom stereocenters. The number of allylic oxidation sites excluding steroid dienone is 6. The van der Waals surface area contributed by atoms with E-state index in [9.17, 15) is 4.39 Å². The number of rotatable bonds is 1. The molecule has 0 aromatic heterocycles. The molecule has 2 heteroatoms. The average Bonchev–Trinajstić information content (AvgIpc) is 2.76. The van der Waals surface area contributed by atoms with E-state index in [2.05, 4.69) is 30.9 Å². The molecule has 0 amide bonds. The largest absolute Gasteiger partial charge is 0.492 e. The summed E-state index contributed by atoms with van der Waals surface area (Å²) in [7, 11) is 0. The molecule has 24 heavy (non-hydrogen) atoms. The predicted octanol–water partition coefficient (Wildman–Crippen LogP) is 5.80. The number of aryl methyl sites for hydroxylation is 1. The van der Waals surface area contributed by atoms with Crippen molar-refractivity contribution < 1.29 is 9.13 Å². The first-order valence-corrected chi connectivity index (χ1v) is 8.53.